The summed E-state index contributed by atoms with van der Waals surface area (Å²) in [5.41, 5.74) is 2.36. The van der Waals surface area contributed by atoms with Crippen LogP contribution in [0.15, 0.2) is 24.3 Å². The molecule has 0 atom stereocenters. The molecule has 1 heteroatoms. The summed E-state index contributed by atoms with van der Waals surface area (Å²) in [6.45, 7) is 5.20. The van der Waals surface area contributed by atoms with Crippen molar-refractivity contribution in [3.8, 4) is 11.8 Å². The van der Waals surface area contributed by atoms with Crippen LogP contribution in [0.4, 0.5) is 5.69 Å². The molecular weight excluding hydrogens is 182 g/mol. The predicted octanol–water partition coefficient (Wildman–Crippen LogP) is 3.29. The molecule has 80 valence electrons. The number of hydrogen-bond donors (Lipinski definition) is 0. The Kier molecular flexibility index (Phi) is 4.77. The highest BCUT2D eigenvalue weighted by Crippen LogP contribution is 2.13. The smallest absolute Gasteiger partial charge is 0.0364 e. The Balaban J connectivity index is 2.65. The topological polar surface area (TPSA) is 3.24 Å². The van der Waals surface area contributed by atoms with Crippen LogP contribution in [-0.4, -0.2) is 13.6 Å². The normalized spacial score (nSPS) is 9.27. The van der Waals surface area contributed by atoms with E-state index in [4.69, 9.17) is 0 Å². The SMILES string of the molecule is CC#Cc1ccc(N(C)CCCC)cc1. The summed E-state index contributed by atoms with van der Waals surface area (Å²) in [5.74, 6) is 5.95. The van der Waals surface area contributed by atoms with Crippen LogP contribution >= 0.6 is 0 Å². The molecule has 0 aromatic heterocycles. The molecule has 0 radical (unpaired) electrons. The lowest BCUT2D eigenvalue weighted by Gasteiger charge is -2.18. The van der Waals surface area contributed by atoms with Gasteiger partial charge in [0.15, 0.2) is 0 Å². The molecule has 1 nitrogen and oxygen atoms in total. The van der Waals surface area contributed by atoms with Crippen LogP contribution in [0, 0.1) is 11.8 Å². The van der Waals surface area contributed by atoms with E-state index in [2.05, 4.69) is 55.0 Å². The van der Waals surface area contributed by atoms with Crippen LogP contribution in [0.2, 0.25) is 0 Å². The molecular formula is C14H19N. The van der Waals surface area contributed by atoms with Crippen molar-refractivity contribution in [1.29, 1.82) is 0 Å². The molecule has 0 saturated heterocycles. The zero-order valence-corrected chi connectivity index (χ0v) is 9.88. The van der Waals surface area contributed by atoms with E-state index in [0.717, 1.165) is 12.1 Å². The molecule has 1 aromatic carbocycles. The third-order valence-electron chi connectivity index (χ3n) is 2.42. The summed E-state index contributed by atoms with van der Waals surface area (Å²) in [7, 11) is 2.14. The number of anilines is 1. The van der Waals surface area contributed by atoms with E-state index in [1.807, 2.05) is 6.92 Å². The zero-order valence-electron chi connectivity index (χ0n) is 9.88. The van der Waals surface area contributed by atoms with Gasteiger partial charge in [-0.2, -0.15) is 0 Å². The molecule has 1 aromatic rings. The summed E-state index contributed by atoms with van der Waals surface area (Å²) in [6, 6.07) is 8.42. The Morgan fingerprint density at radius 1 is 1.20 bits per heavy atom. The summed E-state index contributed by atoms with van der Waals surface area (Å²) >= 11 is 0. The van der Waals surface area contributed by atoms with Crippen molar-refractivity contribution in [1.82, 2.24) is 0 Å². The third-order valence-corrected chi connectivity index (χ3v) is 2.42. The van der Waals surface area contributed by atoms with Crippen molar-refractivity contribution in [2.45, 2.75) is 26.7 Å². The lowest BCUT2D eigenvalue weighted by atomic mass is 10.2. The van der Waals surface area contributed by atoms with Crippen molar-refractivity contribution in [2.75, 3.05) is 18.5 Å². The van der Waals surface area contributed by atoms with E-state index in [1.54, 1.807) is 0 Å². The Hall–Kier alpha value is -1.42. The molecule has 0 aliphatic heterocycles. The molecule has 0 saturated carbocycles. The highest BCUT2D eigenvalue weighted by molar-refractivity contribution is 5.49. The molecule has 15 heavy (non-hydrogen) atoms. The predicted molar refractivity (Wildman–Crippen MR) is 67.2 cm³/mol. The molecule has 0 aliphatic carbocycles. The highest BCUT2D eigenvalue weighted by atomic mass is 15.1. The van der Waals surface area contributed by atoms with Gasteiger partial charge in [-0.05, 0) is 37.6 Å². The number of benzene rings is 1. The molecule has 0 spiro atoms. The average molecular weight is 201 g/mol. The zero-order chi connectivity index (χ0) is 11.1. The molecule has 0 unspecified atom stereocenters. The number of unbranched alkanes of at least 4 members (excludes halogenated alkanes) is 1. The number of rotatable bonds is 4. The molecule has 0 fully saturated rings. The fourth-order valence-electron chi connectivity index (χ4n) is 1.47. The van der Waals surface area contributed by atoms with Crippen LogP contribution < -0.4 is 4.90 Å². The lowest BCUT2D eigenvalue weighted by Crippen LogP contribution is -2.17. The van der Waals surface area contributed by atoms with E-state index >= 15 is 0 Å². The second kappa shape index (κ2) is 6.14. The molecule has 1 rings (SSSR count). The second-order valence-electron chi connectivity index (χ2n) is 3.70. The van der Waals surface area contributed by atoms with Gasteiger partial charge in [0.1, 0.15) is 0 Å². The van der Waals surface area contributed by atoms with Gasteiger partial charge in [-0.15, -0.1) is 5.92 Å². The van der Waals surface area contributed by atoms with Crippen LogP contribution in [0.3, 0.4) is 0 Å². The van der Waals surface area contributed by atoms with Gasteiger partial charge in [0, 0.05) is 24.8 Å². The standard InChI is InChI=1S/C14H19N/c1-4-6-12-15(3)14-10-8-13(7-5-2)9-11-14/h8-11H,4,6,12H2,1-3H3. The van der Waals surface area contributed by atoms with Gasteiger partial charge in [-0.3, -0.25) is 0 Å². The van der Waals surface area contributed by atoms with Crippen molar-refractivity contribution in [3.05, 3.63) is 29.8 Å². The largest absolute Gasteiger partial charge is 0.375 e. The average Bonchev–Trinajstić information content (AvgIpc) is 2.27. The minimum atomic E-state index is 1.09. The monoisotopic (exact) mass is 201 g/mol. The molecule has 0 heterocycles. The van der Waals surface area contributed by atoms with Gasteiger partial charge < -0.3 is 4.90 Å². The Morgan fingerprint density at radius 2 is 1.87 bits per heavy atom. The van der Waals surface area contributed by atoms with E-state index in [1.165, 1.54) is 18.5 Å². The fraction of sp³-hybridized carbons (Fsp3) is 0.429. The first-order chi connectivity index (χ1) is 7.27. The minimum absolute atomic E-state index is 1.09. The second-order valence-corrected chi connectivity index (χ2v) is 3.70. The van der Waals surface area contributed by atoms with E-state index in [-0.39, 0.29) is 0 Å². The van der Waals surface area contributed by atoms with Crippen molar-refractivity contribution < 1.29 is 0 Å². The third kappa shape index (κ3) is 3.67. The first kappa shape index (κ1) is 11.7. The van der Waals surface area contributed by atoms with E-state index in [0.29, 0.717) is 0 Å². The minimum Gasteiger partial charge on any atom is -0.375 e. The maximum absolute atomic E-state index is 3.05. The quantitative estimate of drug-likeness (QED) is 0.676. The Morgan fingerprint density at radius 3 is 2.40 bits per heavy atom. The first-order valence-electron chi connectivity index (χ1n) is 5.52. The number of nitrogens with zero attached hydrogens (tertiary/aromatic N) is 1. The van der Waals surface area contributed by atoms with Gasteiger partial charge in [0.05, 0.1) is 0 Å². The molecule has 0 bridgehead atoms. The summed E-state index contributed by atoms with van der Waals surface area (Å²) in [6.07, 6.45) is 2.48. The number of hydrogen-bond acceptors (Lipinski definition) is 1. The summed E-state index contributed by atoms with van der Waals surface area (Å²) in [4.78, 5) is 2.28. The summed E-state index contributed by atoms with van der Waals surface area (Å²) < 4.78 is 0. The van der Waals surface area contributed by atoms with Gasteiger partial charge in [0.2, 0.25) is 0 Å². The van der Waals surface area contributed by atoms with Crippen molar-refractivity contribution in [3.63, 3.8) is 0 Å². The highest BCUT2D eigenvalue weighted by Gasteiger charge is 1.98. The molecule has 0 N–H and O–H groups in total. The van der Waals surface area contributed by atoms with Gasteiger partial charge in [-0.25, -0.2) is 0 Å². The first-order valence-corrected chi connectivity index (χ1v) is 5.52. The van der Waals surface area contributed by atoms with Crippen LogP contribution in [0.5, 0.6) is 0 Å². The van der Waals surface area contributed by atoms with E-state index in [9.17, 15) is 0 Å². The van der Waals surface area contributed by atoms with Gasteiger partial charge >= 0.3 is 0 Å². The Bertz CT molecular complexity index is 340. The van der Waals surface area contributed by atoms with Crippen LogP contribution in [-0.2, 0) is 0 Å². The van der Waals surface area contributed by atoms with Crippen LogP contribution in [0.1, 0.15) is 32.3 Å². The summed E-state index contributed by atoms with van der Waals surface area (Å²) in [5, 5.41) is 0. The van der Waals surface area contributed by atoms with E-state index < -0.39 is 0 Å². The Labute approximate surface area is 93.1 Å². The molecule has 0 aliphatic rings. The molecule has 0 amide bonds. The van der Waals surface area contributed by atoms with Crippen LogP contribution in [0.25, 0.3) is 0 Å². The maximum Gasteiger partial charge on any atom is 0.0364 e. The van der Waals surface area contributed by atoms with Gasteiger partial charge in [0.25, 0.3) is 0 Å². The van der Waals surface area contributed by atoms with Crippen molar-refractivity contribution in [2.24, 2.45) is 0 Å². The van der Waals surface area contributed by atoms with Crippen molar-refractivity contribution >= 4 is 5.69 Å². The van der Waals surface area contributed by atoms with Gasteiger partial charge in [-0.1, -0.05) is 19.3 Å². The maximum atomic E-state index is 3.05. The lowest BCUT2D eigenvalue weighted by molar-refractivity contribution is 0.767. The fourth-order valence-corrected chi connectivity index (χ4v) is 1.47.